The van der Waals surface area contributed by atoms with Crippen molar-refractivity contribution in [2.75, 3.05) is 0 Å². The van der Waals surface area contributed by atoms with E-state index in [2.05, 4.69) is 115 Å². The lowest BCUT2D eigenvalue weighted by Gasteiger charge is -2.17. The largest absolute Gasteiger partial charge is 0.247 e. The third kappa shape index (κ3) is 5.49. The van der Waals surface area contributed by atoms with Crippen LogP contribution in [-0.2, 0) is 0 Å². The molecule has 234 valence electrons. The van der Waals surface area contributed by atoms with Gasteiger partial charge >= 0.3 is 0 Å². The van der Waals surface area contributed by atoms with Gasteiger partial charge < -0.3 is 0 Å². The van der Waals surface area contributed by atoms with Crippen LogP contribution in [0.5, 0.6) is 0 Å². The summed E-state index contributed by atoms with van der Waals surface area (Å²) in [5.74, 6) is 1.89. The zero-order valence-electron chi connectivity index (χ0n) is 27.1. The zero-order chi connectivity index (χ0) is 33.3. The Labute approximate surface area is 290 Å². The van der Waals surface area contributed by atoms with Gasteiger partial charge in [0, 0.05) is 33.2 Å². The molecule has 7 aromatic carbocycles. The Hall–Kier alpha value is -6.78. The summed E-state index contributed by atoms with van der Waals surface area (Å²) in [7, 11) is 0. The first-order valence-corrected chi connectivity index (χ1v) is 16.7. The van der Waals surface area contributed by atoms with Crippen molar-refractivity contribution in [2.45, 2.75) is 0 Å². The normalized spacial score (nSPS) is 11.2. The molecule has 0 aliphatic heterocycles. The van der Waals surface area contributed by atoms with Crippen LogP contribution >= 0.6 is 0 Å². The molecule has 0 saturated carbocycles. The van der Waals surface area contributed by atoms with Crippen molar-refractivity contribution in [3.63, 3.8) is 0 Å². The van der Waals surface area contributed by atoms with Crippen LogP contribution in [-0.4, -0.2) is 19.9 Å². The maximum Gasteiger partial charge on any atom is 0.164 e. The maximum atomic E-state index is 5.43. The fraction of sp³-hybridized carbons (Fsp3) is 0. The van der Waals surface area contributed by atoms with E-state index < -0.39 is 0 Å². The lowest BCUT2D eigenvalue weighted by Crippen LogP contribution is -2.00. The average Bonchev–Trinajstić information content (AvgIpc) is 3.21. The van der Waals surface area contributed by atoms with E-state index >= 15 is 0 Å². The first kappa shape index (κ1) is 29.4. The highest BCUT2D eigenvalue weighted by atomic mass is 15.0. The molecule has 0 saturated heterocycles. The van der Waals surface area contributed by atoms with E-state index in [1.807, 2.05) is 66.7 Å². The molecule has 50 heavy (non-hydrogen) atoms. The highest BCUT2D eigenvalue weighted by molar-refractivity contribution is 6.18. The van der Waals surface area contributed by atoms with Gasteiger partial charge in [0.1, 0.15) is 0 Å². The van der Waals surface area contributed by atoms with Gasteiger partial charge in [-0.15, -0.1) is 0 Å². The summed E-state index contributed by atoms with van der Waals surface area (Å²) in [6.45, 7) is 0. The number of hydrogen-bond donors (Lipinski definition) is 0. The van der Waals surface area contributed by atoms with Gasteiger partial charge in [0.25, 0.3) is 0 Å². The van der Waals surface area contributed by atoms with Gasteiger partial charge in [-0.3, -0.25) is 0 Å². The van der Waals surface area contributed by atoms with E-state index in [4.69, 9.17) is 19.9 Å². The molecule has 2 aromatic heterocycles. The number of fused-ring (bicyclic) bond motifs is 3. The van der Waals surface area contributed by atoms with E-state index in [1.165, 1.54) is 5.39 Å². The number of rotatable bonds is 6. The first-order chi connectivity index (χ1) is 24.8. The van der Waals surface area contributed by atoms with Crippen molar-refractivity contribution in [3.8, 4) is 67.7 Å². The molecule has 0 aliphatic carbocycles. The molecule has 0 radical (unpaired) electrons. The van der Waals surface area contributed by atoms with Crippen molar-refractivity contribution >= 4 is 21.7 Å². The van der Waals surface area contributed by atoms with Crippen LogP contribution in [0.25, 0.3) is 89.4 Å². The zero-order valence-corrected chi connectivity index (χ0v) is 27.1. The minimum atomic E-state index is 0.618. The smallest absolute Gasteiger partial charge is 0.164 e. The van der Waals surface area contributed by atoms with Crippen LogP contribution in [0.2, 0.25) is 0 Å². The second-order valence-corrected chi connectivity index (χ2v) is 12.3. The van der Waals surface area contributed by atoms with Crippen LogP contribution in [0.4, 0.5) is 0 Å². The molecule has 9 aromatic rings. The third-order valence-corrected chi connectivity index (χ3v) is 9.09. The second-order valence-electron chi connectivity index (χ2n) is 12.3. The lowest BCUT2D eigenvalue weighted by atomic mass is 9.90. The third-order valence-electron chi connectivity index (χ3n) is 9.09. The molecule has 0 fully saturated rings. The molecule has 9 rings (SSSR count). The van der Waals surface area contributed by atoms with Crippen LogP contribution in [0, 0.1) is 0 Å². The summed E-state index contributed by atoms with van der Waals surface area (Å²) in [6, 6.07) is 62.8. The van der Waals surface area contributed by atoms with Crippen LogP contribution in [0.15, 0.2) is 182 Å². The Morgan fingerprint density at radius 1 is 0.300 bits per heavy atom. The molecule has 0 spiro atoms. The summed E-state index contributed by atoms with van der Waals surface area (Å²) in [6.07, 6.45) is 0. The van der Waals surface area contributed by atoms with E-state index in [-0.39, 0.29) is 0 Å². The molecular weight excluding hydrogens is 609 g/mol. The van der Waals surface area contributed by atoms with E-state index in [9.17, 15) is 0 Å². The molecule has 0 unspecified atom stereocenters. The van der Waals surface area contributed by atoms with Crippen molar-refractivity contribution in [1.29, 1.82) is 0 Å². The molecule has 2 heterocycles. The fourth-order valence-electron chi connectivity index (χ4n) is 6.67. The van der Waals surface area contributed by atoms with Gasteiger partial charge in [0.2, 0.25) is 0 Å². The Bertz CT molecular complexity index is 2560. The van der Waals surface area contributed by atoms with Gasteiger partial charge in [0.05, 0.1) is 11.2 Å². The summed E-state index contributed by atoms with van der Waals surface area (Å²) >= 11 is 0. The number of nitrogens with zero attached hydrogens (tertiary/aromatic N) is 4. The van der Waals surface area contributed by atoms with Crippen LogP contribution < -0.4 is 0 Å². The first-order valence-electron chi connectivity index (χ1n) is 16.7. The molecule has 0 bridgehead atoms. The fourth-order valence-corrected chi connectivity index (χ4v) is 6.67. The topological polar surface area (TPSA) is 51.6 Å². The van der Waals surface area contributed by atoms with E-state index in [0.29, 0.717) is 17.5 Å². The Morgan fingerprint density at radius 2 is 0.780 bits per heavy atom. The number of hydrogen-bond acceptors (Lipinski definition) is 4. The second kappa shape index (κ2) is 12.7. The Balaban J connectivity index is 1.30. The Morgan fingerprint density at radius 3 is 1.40 bits per heavy atom. The number of aromatic nitrogens is 4. The van der Waals surface area contributed by atoms with Gasteiger partial charge in [-0.1, -0.05) is 164 Å². The van der Waals surface area contributed by atoms with Gasteiger partial charge in [-0.2, -0.15) is 0 Å². The number of benzene rings is 7. The average molecular weight is 639 g/mol. The van der Waals surface area contributed by atoms with E-state index in [1.54, 1.807) is 0 Å². The highest BCUT2D eigenvalue weighted by Crippen LogP contribution is 2.42. The minimum absolute atomic E-state index is 0.618. The molecule has 0 aliphatic rings. The van der Waals surface area contributed by atoms with Gasteiger partial charge in [-0.25, -0.2) is 19.9 Å². The van der Waals surface area contributed by atoms with Gasteiger partial charge in [-0.05, 0) is 45.7 Å². The summed E-state index contributed by atoms with van der Waals surface area (Å²) in [5.41, 5.74) is 10.1. The van der Waals surface area contributed by atoms with Crippen LogP contribution in [0.3, 0.4) is 0 Å². The predicted molar refractivity (Wildman–Crippen MR) is 205 cm³/mol. The summed E-state index contributed by atoms with van der Waals surface area (Å²) < 4.78 is 0. The minimum Gasteiger partial charge on any atom is -0.247 e. The highest BCUT2D eigenvalue weighted by Gasteiger charge is 2.18. The van der Waals surface area contributed by atoms with Crippen molar-refractivity contribution in [1.82, 2.24) is 19.9 Å². The SMILES string of the molecule is c1ccc(-c2cc(-c3ccccc3)c3c(n2)c(-c2cccc(-c4nc(-c5ccccc5)nc(-c5ccccc5)n4)c2)cc2ccccc23)cc1. The summed E-state index contributed by atoms with van der Waals surface area (Å²) in [5, 5.41) is 3.46. The van der Waals surface area contributed by atoms with Gasteiger partial charge in [0.15, 0.2) is 17.5 Å². The predicted octanol–water partition coefficient (Wildman–Crippen LogP) is 11.6. The molecule has 4 nitrogen and oxygen atoms in total. The molecule has 0 N–H and O–H groups in total. The number of pyridine rings is 1. The van der Waals surface area contributed by atoms with E-state index in [0.717, 1.165) is 66.5 Å². The lowest BCUT2D eigenvalue weighted by molar-refractivity contribution is 1.07. The quantitative estimate of drug-likeness (QED) is 0.170. The maximum absolute atomic E-state index is 5.43. The molecule has 4 heteroatoms. The van der Waals surface area contributed by atoms with Crippen LogP contribution in [0.1, 0.15) is 0 Å². The molecule has 0 amide bonds. The Kier molecular flexibility index (Phi) is 7.45. The van der Waals surface area contributed by atoms with Crippen molar-refractivity contribution < 1.29 is 0 Å². The monoisotopic (exact) mass is 638 g/mol. The summed E-state index contributed by atoms with van der Waals surface area (Å²) in [4.78, 5) is 20.4. The molecule has 0 atom stereocenters. The molecular formula is C46H30N4. The van der Waals surface area contributed by atoms with Crippen molar-refractivity contribution in [2.24, 2.45) is 0 Å². The standard InChI is InChI=1S/C46H30N4/c1-5-16-31(17-6-1)39-30-41(32-18-7-2-8-19-32)47-43-40(29-36-24-13-14-27-38(36)42(39)43)35-25-15-26-37(28-35)46-49-44(33-20-9-3-10-21-33)48-45(50-46)34-22-11-4-12-23-34/h1-30H. The van der Waals surface area contributed by atoms with Crippen molar-refractivity contribution in [3.05, 3.63) is 182 Å².